The third-order valence-corrected chi connectivity index (χ3v) is 13.8. The van der Waals surface area contributed by atoms with Crippen molar-refractivity contribution in [1.82, 2.24) is 5.32 Å². The SMILES string of the molecule is CC/C=C\C/C=C\C/C=C\C/C=C\C/C=C\C/C=C\C/C=C\C/C=C\CCCCCCCCCCCCCCCCC(=O)NC(COP(=O)([O-])OCC[N+](C)(C)C)C(O)/C=C/CC/C=C/CC/C=C/CCCCCCC. The van der Waals surface area contributed by atoms with E-state index in [9.17, 15) is 19.4 Å². The molecule has 0 spiro atoms. The number of carbonyl (C=O) groups excluding carboxylic acids is 1. The van der Waals surface area contributed by atoms with Crippen molar-refractivity contribution in [3.05, 3.63) is 134 Å². The standard InChI is InChI=1S/C67H115N2O6P/c1-6-8-10-12-14-16-18-20-22-23-24-25-26-27-28-29-30-31-32-33-34-35-36-37-38-39-40-41-42-43-44-45-47-49-51-53-55-57-59-61-67(71)68-65(64-75-76(72,73)74-63-62-69(3,4)5)66(70)60-58-56-54-52-50-48-46-21-19-17-15-13-11-9-7-2/h8,10,14,16,19-22,24-25,27-28,30-31,33-34,36-37,50,52,58,60,65-66,70H,6-7,9,11-13,15,17-18,23,26,29,32,35,38-49,51,53-57,59,61-64H2,1-5H3,(H-,68,71,72,73)/b10-8-,16-14-,21-19+,22-20-,25-24-,28-27-,31-30-,34-33-,37-36-,52-50+,60-58+. The van der Waals surface area contributed by atoms with Gasteiger partial charge in [-0.1, -0.05) is 250 Å². The van der Waals surface area contributed by atoms with Crippen LogP contribution in [-0.4, -0.2) is 68.5 Å². The van der Waals surface area contributed by atoms with Gasteiger partial charge in [0.25, 0.3) is 7.82 Å². The van der Waals surface area contributed by atoms with Crippen LogP contribution in [0.5, 0.6) is 0 Å². The fourth-order valence-electron chi connectivity index (χ4n) is 8.08. The van der Waals surface area contributed by atoms with Gasteiger partial charge >= 0.3 is 0 Å². The van der Waals surface area contributed by atoms with Crippen LogP contribution in [0.2, 0.25) is 0 Å². The predicted molar refractivity (Wildman–Crippen MR) is 329 cm³/mol. The molecular weight excluding hydrogens is 960 g/mol. The number of rotatable bonds is 54. The molecule has 3 atom stereocenters. The lowest BCUT2D eigenvalue weighted by Crippen LogP contribution is -2.45. The molecule has 0 bridgehead atoms. The summed E-state index contributed by atoms with van der Waals surface area (Å²) in [6, 6.07) is -0.917. The fraction of sp³-hybridized carbons (Fsp3) is 0.657. The van der Waals surface area contributed by atoms with Gasteiger partial charge < -0.3 is 28.8 Å². The molecule has 434 valence electrons. The van der Waals surface area contributed by atoms with Gasteiger partial charge in [0.1, 0.15) is 13.2 Å². The second-order valence-electron chi connectivity index (χ2n) is 21.3. The van der Waals surface area contributed by atoms with Crippen LogP contribution in [0.25, 0.3) is 0 Å². The lowest BCUT2D eigenvalue weighted by molar-refractivity contribution is -0.870. The Morgan fingerprint density at radius 3 is 1.22 bits per heavy atom. The monoisotopic (exact) mass is 1070 g/mol. The first kappa shape index (κ1) is 72.6. The third kappa shape index (κ3) is 58.3. The van der Waals surface area contributed by atoms with Gasteiger partial charge in [0.15, 0.2) is 0 Å². The molecule has 0 aliphatic carbocycles. The molecule has 0 aliphatic rings. The second-order valence-corrected chi connectivity index (χ2v) is 22.7. The van der Waals surface area contributed by atoms with Gasteiger partial charge in [0, 0.05) is 6.42 Å². The first-order chi connectivity index (χ1) is 37.0. The highest BCUT2D eigenvalue weighted by atomic mass is 31.2. The fourth-order valence-corrected chi connectivity index (χ4v) is 8.81. The Hall–Kier alpha value is -3.36. The summed E-state index contributed by atoms with van der Waals surface area (Å²) in [4.78, 5) is 25.5. The van der Waals surface area contributed by atoms with Crippen molar-refractivity contribution in [2.24, 2.45) is 0 Å². The minimum Gasteiger partial charge on any atom is -0.756 e. The third-order valence-electron chi connectivity index (χ3n) is 12.8. The molecule has 0 saturated heterocycles. The average molecular weight is 1080 g/mol. The van der Waals surface area contributed by atoms with E-state index in [1.807, 2.05) is 27.2 Å². The summed E-state index contributed by atoms with van der Waals surface area (Å²) in [5.74, 6) is -0.217. The Morgan fingerprint density at radius 2 is 0.816 bits per heavy atom. The Morgan fingerprint density at radius 1 is 0.474 bits per heavy atom. The van der Waals surface area contributed by atoms with Crippen molar-refractivity contribution in [1.29, 1.82) is 0 Å². The molecule has 2 N–H and O–H groups in total. The number of hydrogen-bond donors (Lipinski definition) is 2. The van der Waals surface area contributed by atoms with Crippen LogP contribution in [0.15, 0.2) is 134 Å². The Bertz CT molecular complexity index is 1700. The zero-order valence-corrected chi connectivity index (χ0v) is 50.3. The number of aliphatic hydroxyl groups is 1. The Labute approximate surface area is 468 Å². The summed E-state index contributed by atoms with van der Waals surface area (Å²) in [7, 11) is 1.22. The van der Waals surface area contributed by atoms with Gasteiger partial charge in [0.05, 0.1) is 39.9 Å². The van der Waals surface area contributed by atoms with E-state index in [1.54, 1.807) is 6.08 Å². The van der Waals surface area contributed by atoms with Gasteiger partial charge in [-0.05, 0) is 109 Å². The molecule has 0 aliphatic heterocycles. The van der Waals surface area contributed by atoms with Crippen molar-refractivity contribution in [2.75, 3.05) is 40.9 Å². The molecule has 0 aromatic rings. The number of nitrogens with zero attached hydrogens (tertiary/aromatic N) is 1. The van der Waals surface area contributed by atoms with Crippen LogP contribution in [0, 0.1) is 0 Å². The number of phosphoric acid groups is 1. The second kappa shape index (κ2) is 56.4. The molecule has 0 heterocycles. The molecule has 9 heteroatoms. The van der Waals surface area contributed by atoms with E-state index in [2.05, 4.69) is 141 Å². The first-order valence-corrected chi connectivity index (χ1v) is 32.0. The highest BCUT2D eigenvalue weighted by Crippen LogP contribution is 2.38. The van der Waals surface area contributed by atoms with Crippen LogP contribution in [0.3, 0.4) is 0 Å². The van der Waals surface area contributed by atoms with Gasteiger partial charge in [0.2, 0.25) is 5.91 Å². The van der Waals surface area contributed by atoms with E-state index in [4.69, 9.17) is 9.05 Å². The maximum atomic E-state index is 13.0. The summed E-state index contributed by atoms with van der Waals surface area (Å²) in [5.41, 5.74) is 0. The summed E-state index contributed by atoms with van der Waals surface area (Å²) in [6.07, 6.45) is 85.5. The maximum absolute atomic E-state index is 13.0. The molecule has 3 unspecified atom stereocenters. The van der Waals surface area contributed by atoms with E-state index < -0.39 is 26.6 Å². The number of quaternary nitrogens is 1. The highest BCUT2D eigenvalue weighted by molar-refractivity contribution is 7.45. The van der Waals surface area contributed by atoms with E-state index in [0.717, 1.165) is 103 Å². The number of phosphoric ester groups is 1. The van der Waals surface area contributed by atoms with Crippen molar-refractivity contribution >= 4 is 13.7 Å². The summed E-state index contributed by atoms with van der Waals surface area (Å²) < 4.78 is 23.3. The molecule has 0 fully saturated rings. The van der Waals surface area contributed by atoms with Crippen LogP contribution in [0.4, 0.5) is 0 Å². The first-order valence-electron chi connectivity index (χ1n) is 30.5. The van der Waals surface area contributed by atoms with E-state index in [1.165, 1.54) is 109 Å². The average Bonchev–Trinajstić information content (AvgIpc) is 3.38. The smallest absolute Gasteiger partial charge is 0.268 e. The molecule has 8 nitrogen and oxygen atoms in total. The summed E-state index contributed by atoms with van der Waals surface area (Å²) in [6.45, 7) is 4.48. The molecule has 1 amide bonds. The zero-order chi connectivity index (χ0) is 55.6. The van der Waals surface area contributed by atoms with Crippen molar-refractivity contribution in [3.63, 3.8) is 0 Å². The number of unbranched alkanes of at least 4 members (excludes halogenated alkanes) is 21. The normalized spacial score (nSPS) is 14.8. The van der Waals surface area contributed by atoms with E-state index in [-0.39, 0.29) is 12.5 Å². The molecule has 0 aromatic carbocycles. The van der Waals surface area contributed by atoms with Gasteiger partial charge in [-0.15, -0.1) is 0 Å². The number of amides is 1. The molecular formula is C67H115N2O6P. The predicted octanol–water partition coefficient (Wildman–Crippen LogP) is 18.5. The topological polar surface area (TPSA) is 108 Å². The quantitative estimate of drug-likeness (QED) is 0.0272. The summed E-state index contributed by atoms with van der Waals surface area (Å²) >= 11 is 0. The minimum absolute atomic E-state index is 0.0144. The Kier molecular flexibility index (Phi) is 53.9. The molecule has 0 aromatic heterocycles. The van der Waals surface area contributed by atoms with Crippen molar-refractivity contribution in [2.45, 2.75) is 244 Å². The zero-order valence-electron chi connectivity index (χ0n) is 49.4. The number of likely N-dealkylation sites (N-methyl/N-ethyl adjacent to an activating group) is 1. The van der Waals surface area contributed by atoms with Gasteiger partial charge in [-0.2, -0.15) is 0 Å². The number of aliphatic hydroxyl groups excluding tert-OH is 1. The highest BCUT2D eigenvalue weighted by Gasteiger charge is 2.23. The minimum atomic E-state index is -4.61. The molecule has 0 radical (unpaired) electrons. The van der Waals surface area contributed by atoms with Crippen LogP contribution in [0.1, 0.15) is 232 Å². The molecule has 0 saturated carbocycles. The maximum Gasteiger partial charge on any atom is 0.268 e. The molecule has 76 heavy (non-hydrogen) atoms. The number of hydrogen-bond acceptors (Lipinski definition) is 6. The summed E-state index contributed by atoms with van der Waals surface area (Å²) in [5, 5.41) is 13.8. The molecule has 0 rings (SSSR count). The van der Waals surface area contributed by atoms with Crippen molar-refractivity contribution < 1.29 is 32.9 Å². The van der Waals surface area contributed by atoms with Gasteiger partial charge in [-0.3, -0.25) is 9.36 Å². The number of allylic oxidation sites excluding steroid dienone is 21. The van der Waals surface area contributed by atoms with Crippen LogP contribution < -0.4 is 10.2 Å². The number of carbonyl (C=O) groups is 1. The lowest BCUT2D eigenvalue weighted by atomic mass is 10.0. The lowest BCUT2D eigenvalue weighted by Gasteiger charge is -2.29. The van der Waals surface area contributed by atoms with Crippen molar-refractivity contribution in [3.8, 4) is 0 Å². The van der Waals surface area contributed by atoms with Crippen LogP contribution in [-0.2, 0) is 18.4 Å². The largest absolute Gasteiger partial charge is 0.756 e. The van der Waals surface area contributed by atoms with Crippen LogP contribution >= 0.6 is 7.82 Å². The number of nitrogens with one attached hydrogen (secondary N) is 1. The Balaban J connectivity index is 4.09. The van der Waals surface area contributed by atoms with Gasteiger partial charge in [-0.25, -0.2) is 0 Å². The van der Waals surface area contributed by atoms with E-state index >= 15 is 0 Å². The van der Waals surface area contributed by atoms with E-state index in [0.29, 0.717) is 17.4 Å².